The van der Waals surface area contributed by atoms with Gasteiger partial charge in [0.05, 0.1) is 0 Å². The van der Waals surface area contributed by atoms with Gasteiger partial charge in [0.15, 0.2) is 11.6 Å². The standard InChI is InChI=1S/C51H48O8/c1-7-34-51(6,48(55)57-41-26-18-37(19-27-41)45(52)35-14-10-8-11-15-35)59-44-32-24-40(25-33-44)49(2,3)39-22-30-42(31-23-39)56-47(54)50(4,5)58-43-28-20-38(21-29-43)46(53)36-16-12-9-13-17-36/h8-33H,7,34H2,1-6H3. The first kappa shape index (κ1) is 41.8. The monoisotopic (exact) mass is 788 g/mol. The van der Waals surface area contributed by atoms with Crippen LogP contribution in [0.25, 0.3) is 0 Å². The van der Waals surface area contributed by atoms with Crippen LogP contribution < -0.4 is 18.9 Å². The highest BCUT2D eigenvalue weighted by atomic mass is 16.6. The van der Waals surface area contributed by atoms with Crippen LogP contribution in [0.1, 0.15) is 97.4 Å². The van der Waals surface area contributed by atoms with E-state index in [-0.39, 0.29) is 11.6 Å². The maximum absolute atomic E-state index is 13.5. The number of esters is 2. The van der Waals surface area contributed by atoms with Crippen LogP contribution in [0.2, 0.25) is 0 Å². The van der Waals surface area contributed by atoms with Crippen molar-refractivity contribution in [3.05, 3.63) is 191 Å². The Kier molecular flexibility index (Phi) is 12.6. The Hall–Kier alpha value is -6.80. The molecule has 1 unspecified atom stereocenters. The summed E-state index contributed by atoms with van der Waals surface area (Å²) in [5, 5.41) is 0. The van der Waals surface area contributed by atoms with E-state index in [1.165, 1.54) is 0 Å². The molecular weight excluding hydrogens is 741 g/mol. The smallest absolute Gasteiger partial charge is 0.355 e. The fraction of sp³-hybridized carbons (Fsp3) is 0.216. The van der Waals surface area contributed by atoms with E-state index in [4.69, 9.17) is 18.9 Å². The topological polar surface area (TPSA) is 105 Å². The summed E-state index contributed by atoms with van der Waals surface area (Å²) in [6.07, 6.45) is 1.11. The molecule has 6 aromatic carbocycles. The van der Waals surface area contributed by atoms with Crippen molar-refractivity contribution in [1.29, 1.82) is 0 Å². The highest BCUT2D eigenvalue weighted by molar-refractivity contribution is 6.09. The third kappa shape index (κ3) is 10.0. The quantitative estimate of drug-likeness (QED) is 0.0542. The lowest BCUT2D eigenvalue weighted by atomic mass is 9.78. The summed E-state index contributed by atoms with van der Waals surface area (Å²) < 4.78 is 23.8. The zero-order valence-corrected chi connectivity index (χ0v) is 34.2. The highest BCUT2D eigenvalue weighted by Crippen LogP contribution is 2.35. The van der Waals surface area contributed by atoms with E-state index in [0.29, 0.717) is 58.1 Å². The summed E-state index contributed by atoms with van der Waals surface area (Å²) in [5.74, 6) is 0.323. The molecule has 0 radical (unpaired) electrons. The summed E-state index contributed by atoms with van der Waals surface area (Å²) >= 11 is 0. The van der Waals surface area contributed by atoms with Gasteiger partial charge in [-0.05, 0) is 111 Å². The summed E-state index contributed by atoms with van der Waals surface area (Å²) in [6.45, 7) is 11.1. The first-order chi connectivity index (χ1) is 28.2. The van der Waals surface area contributed by atoms with Crippen LogP contribution in [0.15, 0.2) is 158 Å². The van der Waals surface area contributed by atoms with Crippen molar-refractivity contribution in [3.8, 4) is 23.0 Å². The average Bonchev–Trinajstić information content (AvgIpc) is 3.24. The molecule has 0 N–H and O–H groups in total. The predicted octanol–water partition coefficient (Wildman–Crippen LogP) is 10.8. The number of hydrogen-bond acceptors (Lipinski definition) is 8. The molecule has 0 aliphatic rings. The van der Waals surface area contributed by atoms with Gasteiger partial charge < -0.3 is 18.9 Å². The molecule has 1 atom stereocenters. The Morgan fingerprint density at radius 2 is 0.780 bits per heavy atom. The lowest BCUT2D eigenvalue weighted by Crippen LogP contribution is -2.44. The lowest BCUT2D eigenvalue weighted by Gasteiger charge is -2.29. The molecule has 0 saturated heterocycles. The zero-order chi connectivity index (χ0) is 42.2. The van der Waals surface area contributed by atoms with Crippen molar-refractivity contribution >= 4 is 23.5 Å². The molecule has 8 heteroatoms. The second-order valence-electron chi connectivity index (χ2n) is 15.6. The van der Waals surface area contributed by atoms with Gasteiger partial charge in [0.2, 0.25) is 11.2 Å². The van der Waals surface area contributed by atoms with E-state index in [9.17, 15) is 19.2 Å². The van der Waals surface area contributed by atoms with E-state index < -0.39 is 28.6 Å². The average molecular weight is 789 g/mol. The van der Waals surface area contributed by atoms with Crippen LogP contribution >= 0.6 is 0 Å². The summed E-state index contributed by atoms with van der Waals surface area (Å²) in [4.78, 5) is 52.3. The Bertz CT molecular complexity index is 2380. The van der Waals surface area contributed by atoms with Crippen LogP contribution in [-0.4, -0.2) is 34.7 Å². The maximum Gasteiger partial charge on any atom is 0.355 e. The van der Waals surface area contributed by atoms with Crippen molar-refractivity contribution in [2.75, 3.05) is 0 Å². The summed E-state index contributed by atoms with van der Waals surface area (Å²) in [6, 6.07) is 46.2. The molecule has 0 spiro atoms. The molecule has 59 heavy (non-hydrogen) atoms. The van der Waals surface area contributed by atoms with Gasteiger partial charge in [-0.1, -0.05) is 112 Å². The highest BCUT2D eigenvalue weighted by Gasteiger charge is 2.38. The van der Waals surface area contributed by atoms with Gasteiger partial charge >= 0.3 is 11.9 Å². The number of carbonyl (C=O) groups excluding carboxylic acids is 4. The van der Waals surface area contributed by atoms with Crippen molar-refractivity contribution in [2.45, 2.75) is 71.0 Å². The lowest BCUT2D eigenvalue weighted by molar-refractivity contribution is -0.151. The minimum absolute atomic E-state index is 0.0991. The van der Waals surface area contributed by atoms with E-state index in [2.05, 4.69) is 13.8 Å². The molecule has 0 saturated carbocycles. The Morgan fingerprint density at radius 3 is 1.22 bits per heavy atom. The Balaban J connectivity index is 1.05. The van der Waals surface area contributed by atoms with Crippen molar-refractivity contribution in [3.63, 3.8) is 0 Å². The van der Waals surface area contributed by atoms with E-state index >= 15 is 0 Å². The second kappa shape index (κ2) is 17.8. The van der Waals surface area contributed by atoms with Crippen LogP contribution in [-0.2, 0) is 15.0 Å². The molecule has 6 aromatic rings. The van der Waals surface area contributed by atoms with Gasteiger partial charge in [-0.25, -0.2) is 9.59 Å². The molecule has 0 aliphatic heterocycles. The number of carbonyl (C=O) groups is 4. The Labute approximate surface area is 345 Å². The number of benzene rings is 6. The number of ketones is 2. The minimum Gasteiger partial charge on any atom is -0.476 e. The molecule has 8 nitrogen and oxygen atoms in total. The van der Waals surface area contributed by atoms with Crippen LogP contribution in [0, 0.1) is 0 Å². The summed E-state index contributed by atoms with van der Waals surface area (Å²) in [7, 11) is 0. The molecule has 0 fully saturated rings. The molecule has 0 bridgehead atoms. The van der Waals surface area contributed by atoms with E-state index in [1.807, 2.05) is 79.7 Å². The van der Waals surface area contributed by atoms with E-state index in [1.54, 1.807) is 106 Å². The first-order valence-electron chi connectivity index (χ1n) is 19.6. The zero-order valence-electron chi connectivity index (χ0n) is 34.2. The molecule has 0 amide bonds. The molecular formula is C51H48O8. The fourth-order valence-corrected chi connectivity index (χ4v) is 6.62. The van der Waals surface area contributed by atoms with E-state index in [0.717, 1.165) is 11.1 Å². The number of ether oxygens (including phenoxy) is 4. The number of hydrogen-bond donors (Lipinski definition) is 0. The summed E-state index contributed by atoms with van der Waals surface area (Å²) in [5.41, 5.74) is 1.17. The minimum atomic E-state index is -1.31. The second-order valence-corrected chi connectivity index (χ2v) is 15.6. The van der Waals surface area contributed by atoms with Crippen molar-refractivity contribution in [2.24, 2.45) is 0 Å². The first-order valence-corrected chi connectivity index (χ1v) is 19.6. The number of rotatable bonds is 16. The fourth-order valence-electron chi connectivity index (χ4n) is 6.62. The van der Waals surface area contributed by atoms with Gasteiger partial charge in [-0.2, -0.15) is 0 Å². The third-order valence-electron chi connectivity index (χ3n) is 10.2. The van der Waals surface area contributed by atoms with Crippen molar-refractivity contribution in [1.82, 2.24) is 0 Å². The largest absolute Gasteiger partial charge is 0.476 e. The molecule has 0 aromatic heterocycles. The third-order valence-corrected chi connectivity index (χ3v) is 10.2. The SMILES string of the molecule is CCCC(C)(Oc1ccc(C(C)(C)c2ccc(OC(=O)C(C)(C)Oc3ccc(C(=O)c4ccccc4)cc3)cc2)cc1)C(=O)Oc1ccc(C(=O)c2ccccc2)cc1. The maximum atomic E-state index is 13.5. The van der Waals surface area contributed by atoms with Crippen LogP contribution in [0.4, 0.5) is 0 Å². The van der Waals surface area contributed by atoms with Crippen molar-refractivity contribution < 1.29 is 38.1 Å². The van der Waals surface area contributed by atoms with Gasteiger partial charge in [-0.3, -0.25) is 9.59 Å². The predicted molar refractivity (Wildman–Crippen MR) is 228 cm³/mol. The Morgan fingerprint density at radius 1 is 0.424 bits per heavy atom. The van der Waals surface area contributed by atoms with Crippen LogP contribution in [0.5, 0.6) is 23.0 Å². The van der Waals surface area contributed by atoms with Gasteiger partial charge in [0.25, 0.3) is 0 Å². The van der Waals surface area contributed by atoms with Gasteiger partial charge in [-0.15, -0.1) is 0 Å². The van der Waals surface area contributed by atoms with Crippen LogP contribution in [0.3, 0.4) is 0 Å². The van der Waals surface area contributed by atoms with Gasteiger partial charge in [0.1, 0.15) is 23.0 Å². The molecule has 0 heterocycles. The van der Waals surface area contributed by atoms with Gasteiger partial charge in [0, 0.05) is 27.7 Å². The normalized spacial score (nSPS) is 12.4. The molecule has 0 aliphatic carbocycles. The molecule has 6 rings (SSSR count). The molecule has 300 valence electrons.